The number of amides is 2. The molecule has 2 fully saturated rings. The van der Waals surface area contributed by atoms with Crippen LogP contribution in [0.5, 0.6) is 5.75 Å². The van der Waals surface area contributed by atoms with Crippen LogP contribution in [0.15, 0.2) is 53.6 Å². The molecule has 0 spiro atoms. The van der Waals surface area contributed by atoms with Crippen molar-refractivity contribution in [1.29, 1.82) is 0 Å². The van der Waals surface area contributed by atoms with Gasteiger partial charge < -0.3 is 19.4 Å². The highest BCUT2D eigenvalue weighted by Gasteiger charge is 2.39. The first-order valence-electron chi connectivity index (χ1n) is 10.8. The molecule has 2 saturated heterocycles. The van der Waals surface area contributed by atoms with Crippen LogP contribution in [0.25, 0.3) is 0 Å². The zero-order valence-corrected chi connectivity index (χ0v) is 21.2. The van der Waals surface area contributed by atoms with Gasteiger partial charge in [-0.25, -0.2) is 4.79 Å². The number of ether oxygens (including phenoxy) is 1. The van der Waals surface area contributed by atoms with Crippen molar-refractivity contribution in [3.63, 3.8) is 0 Å². The minimum Gasteiger partial charge on any atom is -0.486 e. The highest BCUT2D eigenvalue weighted by Crippen LogP contribution is 2.29. The molecule has 2 heterocycles. The summed E-state index contributed by atoms with van der Waals surface area (Å²) in [6, 6.07) is 11.5. The van der Waals surface area contributed by atoms with Gasteiger partial charge in [0.2, 0.25) is 0 Å². The Morgan fingerprint density at radius 1 is 0.971 bits per heavy atom. The number of hydrogen-bond donors (Lipinski definition) is 0. The molecule has 0 aromatic heterocycles. The van der Waals surface area contributed by atoms with E-state index >= 15 is 0 Å². The Morgan fingerprint density at radius 3 is 2.32 bits per heavy atom. The fourth-order valence-corrected chi connectivity index (χ4v) is 4.70. The van der Waals surface area contributed by atoms with Gasteiger partial charge in [-0.05, 0) is 54.5 Å². The Kier molecular flexibility index (Phi) is 8.14. The number of carbonyl (C=O) groups excluding carboxylic acids is 2. The van der Waals surface area contributed by atoms with Crippen molar-refractivity contribution in [3.8, 4) is 5.75 Å². The van der Waals surface area contributed by atoms with E-state index in [0.717, 1.165) is 11.3 Å². The predicted molar refractivity (Wildman–Crippen MR) is 137 cm³/mol. The molecule has 0 aliphatic carbocycles. The van der Waals surface area contributed by atoms with Gasteiger partial charge in [-0.2, -0.15) is 0 Å². The number of Topliss-reactive ketones (excluding diaryl/α,β-unsaturated/α-hetero) is 1. The summed E-state index contributed by atoms with van der Waals surface area (Å²) in [6.07, 6.45) is 0.404. The molecule has 2 aliphatic heterocycles. The van der Waals surface area contributed by atoms with E-state index in [1.807, 2.05) is 12.1 Å². The molecule has 1 atom stereocenters. The molecule has 0 radical (unpaired) electrons. The first kappa shape index (κ1) is 25.0. The van der Waals surface area contributed by atoms with Gasteiger partial charge >= 0.3 is 6.03 Å². The van der Waals surface area contributed by atoms with Crippen LogP contribution in [-0.2, 0) is 4.79 Å². The van der Waals surface area contributed by atoms with Crippen LogP contribution in [0.1, 0.15) is 6.42 Å². The second-order valence-corrected chi connectivity index (χ2v) is 9.65. The number of likely N-dealkylation sites (tertiary alicyclic amines) is 1. The maximum absolute atomic E-state index is 13.3. The summed E-state index contributed by atoms with van der Waals surface area (Å²) in [5.41, 5.74) is 3.26. The van der Waals surface area contributed by atoms with Crippen LogP contribution >= 0.6 is 46.4 Å². The average Bonchev–Trinajstić information content (AvgIpc) is 3.29. The second kappa shape index (κ2) is 11.1. The highest BCUT2D eigenvalue weighted by molar-refractivity contribution is 6.42. The molecular weight excluding hydrogens is 520 g/mol. The van der Waals surface area contributed by atoms with Crippen LogP contribution in [0.4, 0.5) is 10.5 Å². The monoisotopic (exact) mass is 541 g/mol. The molecule has 2 aromatic rings. The highest BCUT2D eigenvalue weighted by atomic mass is 35.5. The largest absolute Gasteiger partial charge is 0.486 e. The second-order valence-electron chi connectivity index (χ2n) is 8.18. The maximum atomic E-state index is 13.3. The van der Waals surface area contributed by atoms with E-state index in [4.69, 9.17) is 51.1 Å². The molecule has 2 aliphatic rings. The standard InChI is InChI=1S/C24H23Cl4N3O3/c25-13-16-11-22(23(32)15-34-19-4-1-17(26)2-5-19)31(14-16)24(33)30-9-7-29(8-10-30)18-3-6-20(27)21(28)12-18/h1-6,12-13,22H,7-11,14-15H2/b16-13-/t22-/m0/s1. The molecule has 10 heteroatoms. The van der Waals surface area contributed by atoms with Crippen LogP contribution in [0.2, 0.25) is 15.1 Å². The van der Waals surface area contributed by atoms with E-state index in [2.05, 4.69) is 4.90 Å². The number of carbonyl (C=O) groups is 2. The summed E-state index contributed by atoms with van der Waals surface area (Å²) in [5.74, 6) is 0.367. The van der Waals surface area contributed by atoms with Crippen molar-refractivity contribution in [2.45, 2.75) is 12.5 Å². The van der Waals surface area contributed by atoms with Crippen molar-refractivity contribution in [2.75, 3.05) is 44.2 Å². The van der Waals surface area contributed by atoms with Crippen molar-refractivity contribution in [2.24, 2.45) is 0 Å². The van der Waals surface area contributed by atoms with E-state index in [9.17, 15) is 9.59 Å². The Bertz CT molecular complexity index is 1090. The van der Waals surface area contributed by atoms with Gasteiger partial charge in [-0.3, -0.25) is 4.79 Å². The molecular formula is C24H23Cl4N3O3. The molecule has 2 amide bonds. The van der Waals surface area contributed by atoms with Crippen LogP contribution in [-0.4, -0.2) is 67.0 Å². The number of nitrogens with zero attached hydrogens (tertiary/aromatic N) is 3. The number of halogens is 4. The summed E-state index contributed by atoms with van der Waals surface area (Å²) in [6.45, 7) is 2.53. The van der Waals surface area contributed by atoms with Crippen LogP contribution in [0, 0.1) is 0 Å². The summed E-state index contributed by atoms with van der Waals surface area (Å²) < 4.78 is 5.62. The number of rotatable bonds is 5. The predicted octanol–water partition coefficient (Wildman–Crippen LogP) is 5.73. The summed E-state index contributed by atoms with van der Waals surface area (Å²) in [4.78, 5) is 31.8. The number of benzene rings is 2. The first-order chi connectivity index (χ1) is 16.4. The Hall–Kier alpha value is -2.12. The zero-order valence-electron chi connectivity index (χ0n) is 18.2. The molecule has 180 valence electrons. The van der Waals surface area contributed by atoms with Gasteiger partial charge in [0.25, 0.3) is 0 Å². The molecule has 0 bridgehead atoms. The van der Waals surface area contributed by atoms with Crippen LogP contribution in [0.3, 0.4) is 0 Å². The van der Waals surface area contributed by atoms with Crippen molar-refractivity contribution in [1.82, 2.24) is 9.80 Å². The van der Waals surface area contributed by atoms with Crippen molar-refractivity contribution < 1.29 is 14.3 Å². The SMILES string of the molecule is O=C(COc1ccc(Cl)cc1)[C@@H]1C/C(=C/Cl)CN1C(=O)N1CCN(c2ccc(Cl)c(Cl)c2)CC1. The maximum Gasteiger partial charge on any atom is 0.321 e. The molecule has 6 nitrogen and oxygen atoms in total. The topological polar surface area (TPSA) is 53.1 Å². The molecule has 34 heavy (non-hydrogen) atoms. The van der Waals surface area contributed by atoms with Gasteiger partial charge in [-0.15, -0.1) is 0 Å². The third-order valence-electron chi connectivity index (χ3n) is 5.99. The van der Waals surface area contributed by atoms with Crippen molar-refractivity contribution >= 4 is 63.9 Å². The lowest BCUT2D eigenvalue weighted by Gasteiger charge is -2.38. The van der Waals surface area contributed by atoms with Crippen molar-refractivity contribution in [3.05, 3.63) is 68.6 Å². The lowest BCUT2D eigenvalue weighted by atomic mass is 10.1. The number of anilines is 1. The van der Waals surface area contributed by atoms with Gasteiger partial charge in [0.05, 0.1) is 16.1 Å². The smallest absolute Gasteiger partial charge is 0.321 e. The van der Waals surface area contributed by atoms with Gasteiger partial charge in [-0.1, -0.05) is 46.4 Å². The van der Waals surface area contributed by atoms with E-state index in [0.29, 0.717) is 60.0 Å². The third kappa shape index (κ3) is 5.74. The summed E-state index contributed by atoms with van der Waals surface area (Å²) in [7, 11) is 0. The fraction of sp³-hybridized carbons (Fsp3) is 0.333. The zero-order chi connectivity index (χ0) is 24.2. The number of urea groups is 1. The number of ketones is 1. The van der Waals surface area contributed by atoms with E-state index in [-0.39, 0.29) is 18.4 Å². The first-order valence-corrected chi connectivity index (χ1v) is 12.4. The third-order valence-corrected chi connectivity index (χ3v) is 7.29. The molecule has 0 N–H and O–H groups in total. The van der Waals surface area contributed by atoms with E-state index in [1.165, 1.54) is 5.54 Å². The Morgan fingerprint density at radius 2 is 1.68 bits per heavy atom. The molecule has 0 saturated carbocycles. The average molecular weight is 543 g/mol. The lowest BCUT2D eigenvalue weighted by Crippen LogP contribution is -2.55. The Labute approximate surface area is 218 Å². The minimum absolute atomic E-state index is 0.142. The molecule has 2 aromatic carbocycles. The van der Waals surface area contributed by atoms with Crippen LogP contribution < -0.4 is 9.64 Å². The normalized spacial score (nSPS) is 19.6. The fourth-order valence-electron chi connectivity index (χ4n) is 4.12. The quantitative estimate of drug-likeness (QED) is 0.484. The number of hydrogen-bond acceptors (Lipinski definition) is 4. The Balaban J connectivity index is 1.38. The van der Waals surface area contributed by atoms with Gasteiger partial charge in [0.1, 0.15) is 12.4 Å². The number of piperazine rings is 1. The lowest BCUT2D eigenvalue weighted by molar-refractivity contribution is -0.124. The van der Waals surface area contributed by atoms with E-state index < -0.39 is 6.04 Å². The van der Waals surface area contributed by atoms with Gasteiger partial charge in [0, 0.05) is 49.0 Å². The molecule has 4 rings (SSSR count). The van der Waals surface area contributed by atoms with E-state index in [1.54, 1.807) is 40.1 Å². The summed E-state index contributed by atoms with van der Waals surface area (Å²) >= 11 is 24.0. The van der Waals surface area contributed by atoms with Gasteiger partial charge in [0.15, 0.2) is 5.78 Å². The molecule has 0 unspecified atom stereocenters. The minimum atomic E-state index is -0.613. The summed E-state index contributed by atoms with van der Waals surface area (Å²) in [5, 5.41) is 1.59.